The molecule has 2 aliphatic heterocycles. The van der Waals surface area contributed by atoms with Gasteiger partial charge >= 0.3 is 0 Å². The molecule has 1 N–H and O–H groups in total. The van der Waals surface area contributed by atoms with Gasteiger partial charge in [0.15, 0.2) is 0 Å². The second-order valence-corrected chi connectivity index (χ2v) is 8.40. The van der Waals surface area contributed by atoms with Gasteiger partial charge in [0.2, 0.25) is 5.91 Å². The van der Waals surface area contributed by atoms with E-state index in [0.29, 0.717) is 19.0 Å². The van der Waals surface area contributed by atoms with Crippen LogP contribution >= 0.6 is 0 Å². The summed E-state index contributed by atoms with van der Waals surface area (Å²) in [6, 6.07) is 6.93. The van der Waals surface area contributed by atoms with Crippen LogP contribution in [0.1, 0.15) is 65.5 Å². The number of carbonyl (C=O) groups is 1. The van der Waals surface area contributed by atoms with Crippen LogP contribution in [0.3, 0.4) is 0 Å². The highest BCUT2D eigenvalue weighted by molar-refractivity contribution is 5.79. The third-order valence-electron chi connectivity index (χ3n) is 6.45. The van der Waals surface area contributed by atoms with Gasteiger partial charge in [-0.3, -0.25) is 4.79 Å². The predicted molar refractivity (Wildman–Crippen MR) is 108 cm³/mol. The molecule has 28 heavy (non-hydrogen) atoms. The minimum absolute atomic E-state index is 0.211. The quantitative estimate of drug-likeness (QED) is 0.895. The largest absolute Gasteiger partial charge is 0.338 e. The molecule has 0 radical (unpaired) electrons. The van der Waals surface area contributed by atoms with Gasteiger partial charge in [0.05, 0.1) is 18.2 Å². The summed E-state index contributed by atoms with van der Waals surface area (Å²) in [4.78, 5) is 24.3. The van der Waals surface area contributed by atoms with E-state index < -0.39 is 0 Å². The van der Waals surface area contributed by atoms with Gasteiger partial charge in [-0.1, -0.05) is 18.2 Å². The first-order valence-corrected chi connectivity index (χ1v) is 10.7. The monoisotopic (exact) mass is 376 g/mol. The molecule has 0 saturated carbocycles. The Balaban J connectivity index is 1.26. The first-order valence-electron chi connectivity index (χ1n) is 10.7. The Hall–Kier alpha value is -2.27. The van der Waals surface area contributed by atoms with E-state index in [1.54, 1.807) is 0 Å². The highest BCUT2D eigenvalue weighted by Gasteiger charge is 2.25. The van der Waals surface area contributed by atoms with Gasteiger partial charge in [-0.2, -0.15) is 0 Å². The standard InChI is InChI=1S/C23H28N4O/c28-22(13-16-7-8-17-4-1-2-5-18(17)12-16)27-11-9-20-19(15-27)14-25-23(26-20)21-6-3-10-24-21/h7-8,12,14,21,24H,1-6,9-11,13,15H2/t21-/m1/s1. The molecule has 0 unspecified atom stereocenters. The van der Waals surface area contributed by atoms with Crippen molar-refractivity contribution in [1.82, 2.24) is 20.2 Å². The normalized spacial score (nSPS) is 21.3. The summed E-state index contributed by atoms with van der Waals surface area (Å²) in [6.45, 7) is 2.44. The Morgan fingerprint density at radius 1 is 1.11 bits per heavy atom. The van der Waals surface area contributed by atoms with Crippen LogP contribution in [-0.2, 0) is 37.0 Å². The lowest BCUT2D eigenvalue weighted by Crippen LogP contribution is -2.37. The lowest BCUT2D eigenvalue weighted by atomic mass is 9.90. The Morgan fingerprint density at radius 3 is 2.86 bits per heavy atom. The molecule has 5 heteroatoms. The van der Waals surface area contributed by atoms with Crippen molar-refractivity contribution in [2.75, 3.05) is 13.1 Å². The smallest absolute Gasteiger partial charge is 0.227 e. The maximum atomic E-state index is 12.9. The minimum atomic E-state index is 0.211. The fraction of sp³-hybridized carbons (Fsp3) is 0.522. The molecule has 1 saturated heterocycles. The second kappa shape index (κ2) is 7.63. The third kappa shape index (κ3) is 3.55. The maximum Gasteiger partial charge on any atom is 0.227 e. The molecule has 5 rings (SSSR count). The van der Waals surface area contributed by atoms with E-state index in [0.717, 1.165) is 55.0 Å². The molecule has 1 aromatic heterocycles. The van der Waals surface area contributed by atoms with E-state index in [1.165, 1.54) is 36.8 Å². The lowest BCUT2D eigenvalue weighted by Gasteiger charge is -2.29. The average Bonchev–Trinajstić information content (AvgIpc) is 3.28. The van der Waals surface area contributed by atoms with E-state index in [9.17, 15) is 4.79 Å². The van der Waals surface area contributed by atoms with Crippen molar-refractivity contribution >= 4 is 5.91 Å². The Labute approximate surface area is 166 Å². The second-order valence-electron chi connectivity index (χ2n) is 8.40. The zero-order valence-corrected chi connectivity index (χ0v) is 16.4. The highest BCUT2D eigenvalue weighted by atomic mass is 16.2. The van der Waals surface area contributed by atoms with E-state index in [1.807, 2.05) is 11.1 Å². The van der Waals surface area contributed by atoms with Crippen LogP contribution in [0.25, 0.3) is 0 Å². The van der Waals surface area contributed by atoms with Crippen molar-refractivity contribution in [1.29, 1.82) is 0 Å². The van der Waals surface area contributed by atoms with Gasteiger partial charge in [0.1, 0.15) is 5.82 Å². The van der Waals surface area contributed by atoms with Crippen molar-refractivity contribution in [2.45, 2.75) is 64.0 Å². The van der Waals surface area contributed by atoms with Crippen LogP contribution < -0.4 is 5.32 Å². The Kier molecular flexibility index (Phi) is 4.85. The zero-order valence-electron chi connectivity index (χ0n) is 16.4. The molecule has 5 nitrogen and oxygen atoms in total. The van der Waals surface area contributed by atoms with Gasteiger partial charge in [-0.15, -0.1) is 0 Å². The van der Waals surface area contributed by atoms with Gasteiger partial charge in [0, 0.05) is 31.3 Å². The van der Waals surface area contributed by atoms with Crippen molar-refractivity contribution in [2.24, 2.45) is 0 Å². The fourth-order valence-corrected chi connectivity index (χ4v) is 4.80. The number of fused-ring (bicyclic) bond motifs is 2. The number of hydrogen-bond donors (Lipinski definition) is 1. The summed E-state index contributed by atoms with van der Waals surface area (Å²) < 4.78 is 0. The summed E-state index contributed by atoms with van der Waals surface area (Å²) in [5, 5.41) is 3.47. The number of aromatic nitrogens is 2. The molecular formula is C23H28N4O. The summed E-state index contributed by atoms with van der Waals surface area (Å²) in [6.07, 6.45) is 10.5. The molecule has 0 spiro atoms. The van der Waals surface area contributed by atoms with Crippen LogP contribution in [0.2, 0.25) is 0 Å². The first-order chi connectivity index (χ1) is 13.8. The van der Waals surface area contributed by atoms with Gasteiger partial charge in [-0.05, 0) is 61.8 Å². The number of amides is 1. The van der Waals surface area contributed by atoms with Crippen molar-refractivity contribution < 1.29 is 4.79 Å². The minimum Gasteiger partial charge on any atom is -0.338 e. The van der Waals surface area contributed by atoms with Crippen LogP contribution in [0.4, 0.5) is 0 Å². The molecule has 2 aromatic rings. The van der Waals surface area contributed by atoms with Crippen LogP contribution in [0.5, 0.6) is 0 Å². The van der Waals surface area contributed by atoms with E-state index in [-0.39, 0.29) is 5.91 Å². The molecule has 3 aliphatic rings. The fourth-order valence-electron chi connectivity index (χ4n) is 4.80. The lowest BCUT2D eigenvalue weighted by molar-refractivity contribution is -0.131. The number of carbonyl (C=O) groups excluding carboxylic acids is 1. The molecule has 3 heterocycles. The molecule has 146 valence electrons. The van der Waals surface area contributed by atoms with E-state index in [2.05, 4.69) is 28.5 Å². The van der Waals surface area contributed by atoms with Crippen molar-refractivity contribution in [3.05, 3.63) is 58.2 Å². The molecule has 0 bridgehead atoms. The highest BCUT2D eigenvalue weighted by Crippen LogP contribution is 2.25. The number of aryl methyl sites for hydroxylation is 2. The van der Waals surface area contributed by atoms with Gasteiger partial charge < -0.3 is 10.2 Å². The Morgan fingerprint density at radius 2 is 2.00 bits per heavy atom. The number of benzene rings is 1. The predicted octanol–water partition coefficient (Wildman–Crippen LogP) is 2.91. The number of nitrogens with one attached hydrogen (secondary N) is 1. The molecule has 1 fully saturated rings. The average molecular weight is 377 g/mol. The maximum absolute atomic E-state index is 12.9. The first kappa shape index (κ1) is 17.8. The molecule has 1 atom stereocenters. The summed E-state index contributed by atoms with van der Waals surface area (Å²) in [5.41, 5.74) is 6.29. The SMILES string of the molecule is O=C(Cc1ccc2c(c1)CCCC2)N1CCc2nc([C@H]3CCCN3)ncc2C1. The van der Waals surface area contributed by atoms with Gasteiger partial charge in [0.25, 0.3) is 0 Å². The number of nitrogens with zero attached hydrogens (tertiary/aromatic N) is 3. The van der Waals surface area contributed by atoms with Crippen molar-refractivity contribution in [3.8, 4) is 0 Å². The summed E-state index contributed by atoms with van der Waals surface area (Å²) in [5.74, 6) is 1.13. The number of rotatable bonds is 3. The van der Waals surface area contributed by atoms with Gasteiger partial charge in [-0.25, -0.2) is 9.97 Å². The molecule has 1 aliphatic carbocycles. The summed E-state index contributed by atoms with van der Waals surface area (Å²) in [7, 11) is 0. The number of hydrogen-bond acceptors (Lipinski definition) is 4. The molecule has 1 amide bonds. The van der Waals surface area contributed by atoms with Crippen LogP contribution in [-0.4, -0.2) is 33.9 Å². The Bertz CT molecular complexity index is 888. The molecular weight excluding hydrogens is 348 g/mol. The zero-order chi connectivity index (χ0) is 18.9. The van der Waals surface area contributed by atoms with Crippen LogP contribution in [0, 0.1) is 0 Å². The third-order valence-corrected chi connectivity index (χ3v) is 6.45. The van der Waals surface area contributed by atoms with Crippen molar-refractivity contribution in [3.63, 3.8) is 0 Å². The van der Waals surface area contributed by atoms with Crippen LogP contribution in [0.15, 0.2) is 24.4 Å². The molecule has 1 aromatic carbocycles. The van der Waals surface area contributed by atoms with E-state index >= 15 is 0 Å². The van der Waals surface area contributed by atoms with E-state index in [4.69, 9.17) is 4.98 Å². The summed E-state index contributed by atoms with van der Waals surface area (Å²) >= 11 is 0. The topological polar surface area (TPSA) is 58.1 Å².